The number of aromatic nitrogens is 4. The molecule has 0 amide bonds. The molecule has 0 atom stereocenters. The number of nitrogens with one attached hydrogen (secondary N) is 1. The number of nitrogens with zero attached hydrogens (tertiary/aromatic N) is 3. The van der Waals surface area contributed by atoms with E-state index < -0.39 is 23.6 Å². The minimum absolute atomic E-state index is 0.0384. The third-order valence-corrected chi connectivity index (χ3v) is 4.50. The molecule has 0 saturated heterocycles. The van der Waals surface area contributed by atoms with E-state index >= 15 is 0 Å². The van der Waals surface area contributed by atoms with Crippen molar-refractivity contribution in [2.24, 2.45) is 0 Å². The summed E-state index contributed by atoms with van der Waals surface area (Å²) in [6.45, 7) is 2.55. The van der Waals surface area contributed by atoms with Crippen LogP contribution >= 0.6 is 23.2 Å². The van der Waals surface area contributed by atoms with E-state index in [1.165, 1.54) is 35.0 Å². The topological polar surface area (TPSA) is 99.0 Å². The molecule has 11 heteroatoms. The predicted molar refractivity (Wildman–Crippen MR) is 106 cm³/mol. The first-order valence-corrected chi connectivity index (χ1v) is 9.14. The molecule has 29 heavy (non-hydrogen) atoms. The minimum atomic E-state index is -1.15. The van der Waals surface area contributed by atoms with Crippen molar-refractivity contribution >= 4 is 23.2 Å². The Kier molecular flexibility index (Phi) is 5.90. The second-order valence-corrected chi connectivity index (χ2v) is 7.11. The van der Waals surface area contributed by atoms with Gasteiger partial charge in [0.25, 0.3) is 11.1 Å². The van der Waals surface area contributed by atoms with E-state index in [-0.39, 0.29) is 33.1 Å². The van der Waals surface area contributed by atoms with Gasteiger partial charge in [0.15, 0.2) is 11.4 Å². The molecule has 0 fully saturated rings. The standard InChI is InChI=1S/C18H15Cl2FN4O4/c1-9(2)24-8-11(3-4-15(24)26)29-16-12(19)5-10(6-13(16)20)25-18(28)22-17(27)14(7-21)23-25/h3-6,8-9H,7H2,1-2H3,(H,22,27,28). The molecule has 0 spiro atoms. The molecule has 1 N–H and O–H groups in total. The van der Waals surface area contributed by atoms with Crippen LogP contribution in [0.3, 0.4) is 0 Å². The lowest BCUT2D eigenvalue weighted by Crippen LogP contribution is -2.33. The zero-order valence-corrected chi connectivity index (χ0v) is 16.8. The van der Waals surface area contributed by atoms with Crippen LogP contribution in [-0.2, 0) is 6.67 Å². The third-order valence-electron chi connectivity index (χ3n) is 3.94. The van der Waals surface area contributed by atoms with Gasteiger partial charge in [-0.2, -0.15) is 9.78 Å². The highest BCUT2D eigenvalue weighted by Crippen LogP contribution is 2.37. The van der Waals surface area contributed by atoms with Crippen molar-refractivity contribution in [1.82, 2.24) is 19.3 Å². The fourth-order valence-electron chi connectivity index (χ4n) is 2.53. The van der Waals surface area contributed by atoms with E-state index in [1.807, 2.05) is 18.8 Å². The van der Waals surface area contributed by atoms with Crippen LogP contribution in [0.4, 0.5) is 4.39 Å². The molecule has 152 valence electrons. The summed E-state index contributed by atoms with van der Waals surface area (Å²) in [6.07, 6.45) is 1.52. The lowest BCUT2D eigenvalue weighted by molar-refractivity contribution is 0.459. The summed E-state index contributed by atoms with van der Waals surface area (Å²) in [5.74, 6) is 0.420. The number of H-pyrrole nitrogens is 1. The van der Waals surface area contributed by atoms with Gasteiger partial charge in [-0.15, -0.1) is 0 Å². The predicted octanol–water partition coefficient (Wildman–Crippen LogP) is 3.23. The Morgan fingerprint density at radius 1 is 1.17 bits per heavy atom. The number of ether oxygens (including phenoxy) is 1. The first kappa shape index (κ1) is 20.8. The Bertz CT molecular complexity index is 1230. The SMILES string of the molecule is CC(C)n1cc(Oc2c(Cl)cc(-n3nc(CF)c(=O)[nH]c3=O)cc2Cl)ccc1=O. The zero-order chi connectivity index (χ0) is 21.3. The van der Waals surface area contributed by atoms with E-state index in [2.05, 4.69) is 5.10 Å². The third kappa shape index (κ3) is 4.25. The number of benzene rings is 1. The van der Waals surface area contributed by atoms with E-state index in [1.54, 1.807) is 0 Å². The molecule has 0 radical (unpaired) electrons. The number of pyridine rings is 1. The fraction of sp³-hybridized carbons (Fsp3) is 0.222. The number of hydrogen-bond donors (Lipinski definition) is 1. The normalized spacial score (nSPS) is 11.1. The molecule has 0 aliphatic rings. The number of halogens is 3. The Morgan fingerprint density at radius 3 is 2.41 bits per heavy atom. The number of rotatable bonds is 5. The summed E-state index contributed by atoms with van der Waals surface area (Å²) < 4.78 is 20.9. The Balaban J connectivity index is 2.04. The fourth-order valence-corrected chi connectivity index (χ4v) is 3.08. The minimum Gasteiger partial charge on any atom is -0.453 e. The second kappa shape index (κ2) is 8.22. The molecule has 3 rings (SSSR count). The van der Waals surface area contributed by atoms with Crippen molar-refractivity contribution in [3.63, 3.8) is 0 Å². The molecule has 0 aliphatic heterocycles. The van der Waals surface area contributed by atoms with Gasteiger partial charge in [0, 0.05) is 12.1 Å². The van der Waals surface area contributed by atoms with Gasteiger partial charge in [-0.3, -0.25) is 14.6 Å². The van der Waals surface area contributed by atoms with Gasteiger partial charge >= 0.3 is 5.69 Å². The molecule has 0 bridgehead atoms. The summed E-state index contributed by atoms with van der Waals surface area (Å²) in [7, 11) is 0. The van der Waals surface area contributed by atoms with Crippen molar-refractivity contribution < 1.29 is 9.13 Å². The Morgan fingerprint density at radius 2 is 1.83 bits per heavy atom. The van der Waals surface area contributed by atoms with Gasteiger partial charge in [-0.1, -0.05) is 23.2 Å². The number of hydrogen-bond acceptors (Lipinski definition) is 5. The molecule has 2 aromatic heterocycles. The maximum absolute atomic E-state index is 12.9. The lowest BCUT2D eigenvalue weighted by atomic mass is 10.3. The van der Waals surface area contributed by atoms with Crippen molar-refractivity contribution in [3.8, 4) is 17.2 Å². The van der Waals surface area contributed by atoms with Crippen molar-refractivity contribution in [2.45, 2.75) is 26.6 Å². The molecule has 1 aromatic carbocycles. The van der Waals surface area contributed by atoms with Crippen LogP contribution in [0, 0.1) is 0 Å². The van der Waals surface area contributed by atoms with Gasteiger partial charge < -0.3 is 9.30 Å². The number of alkyl halides is 1. The van der Waals surface area contributed by atoms with Gasteiger partial charge in [0.05, 0.1) is 21.9 Å². The second-order valence-electron chi connectivity index (χ2n) is 6.30. The molecule has 0 saturated carbocycles. The molecule has 2 heterocycles. The highest BCUT2D eigenvalue weighted by Gasteiger charge is 2.15. The van der Waals surface area contributed by atoms with E-state index in [4.69, 9.17) is 27.9 Å². The summed E-state index contributed by atoms with van der Waals surface area (Å²) >= 11 is 12.5. The molecular formula is C18H15Cl2FN4O4. The molecule has 0 unspecified atom stereocenters. The first-order chi connectivity index (χ1) is 13.7. The van der Waals surface area contributed by atoms with Crippen LogP contribution in [-0.4, -0.2) is 19.3 Å². The highest BCUT2D eigenvalue weighted by atomic mass is 35.5. The van der Waals surface area contributed by atoms with Crippen molar-refractivity contribution in [3.05, 3.63) is 77.4 Å². The van der Waals surface area contributed by atoms with Crippen LogP contribution < -0.4 is 21.5 Å². The van der Waals surface area contributed by atoms with E-state index in [9.17, 15) is 18.8 Å². The summed E-state index contributed by atoms with van der Waals surface area (Å²) in [5, 5.41) is 3.76. The maximum Gasteiger partial charge on any atom is 0.349 e. The molecule has 3 aromatic rings. The molecular weight excluding hydrogens is 426 g/mol. The van der Waals surface area contributed by atoms with Crippen LogP contribution in [0.1, 0.15) is 25.6 Å². The summed E-state index contributed by atoms with van der Waals surface area (Å²) in [4.78, 5) is 37.3. The first-order valence-electron chi connectivity index (χ1n) is 8.39. The van der Waals surface area contributed by atoms with Gasteiger partial charge in [0.2, 0.25) is 0 Å². The highest BCUT2D eigenvalue weighted by molar-refractivity contribution is 6.37. The summed E-state index contributed by atoms with van der Waals surface area (Å²) in [6, 6.07) is 5.41. The molecule has 8 nitrogen and oxygen atoms in total. The lowest BCUT2D eigenvalue weighted by Gasteiger charge is -2.14. The summed E-state index contributed by atoms with van der Waals surface area (Å²) in [5.41, 5.74) is -2.33. The monoisotopic (exact) mass is 440 g/mol. The van der Waals surface area contributed by atoms with Crippen LogP contribution in [0.15, 0.2) is 44.8 Å². The van der Waals surface area contributed by atoms with Crippen LogP contribution in [0.25, 0.3) is 5.69 Å². The largest absolute Gasteiger partial charge is 0.453 e. The Hall–Kier alpha value is -2.91. The molecule has 0 aliphatic carbocycles. The zero-order valence-electron chi connectivity index (χ0n) is 15.3. The van der Waals surface area contributed by atoms with Gasteiger partial charge in [0.1, 0.15) is 12.4 Å². The maximum atomic E-state index is 12.9. The van der Waals surface area contributed by atoms with Gasteiger partial charge in [-0.05, 0) is 32.0 Å². The van der Waals surface area contributed by atoms with Crippen molar-refractivity contribution in [2.75, 3.05) is 0 Å². The smallest absolute Gasteiger partial charge is 0.349 e. The average Bonchev–Trinajstić information content (AvgIpc) is 2.65. The van der Waals surface area contributed by atoms with Gasteiger partial charge in [-0.25, -0.2) is 9.18 Å². The van der Waals surface area contributed by atoms with Crippen molar-refractivity contribution in [1.29, 1.82) is 0 Å². The van der Waals surface area contributed by atoms with Crippen LogP contribution in [0.5, 0.6) is 11.5 Å². The quantitative estimate of drug-likeness (QED) is 0.656. The van der Waals surface area contributed by atoms with Crippen LogP contribution in [0.2, 0.25) is 10.0 Å². The van der Waals surface area contributed by atoms with E-state index in [0.717, 1.165) is 4.68 Å². The Labute approximate surface area is 173 Å². The average molecular weight is 441 g/mol. The number of aromatic amines is 1. The van der Waals surface area contributed by atoms with E-state index in [0.29, 0.717) is 5.75 Å².